The minimum Gasteiger partial charge on any atom is -0.349 e. The number of thiophene rings is 1. The van der Waals surface area contributed by atoms with Gasteiger partial charge in [-0.1, -0.05) is 53.5 Å². The molecular weight excluding hydrogens is 597 g/mol. The number of anilines is 1. The average Bonchev–Trinajstić information content (AvgIpc) is 3.35. The van der Waals surface area contributed by atoms with E-state index < -0.39 is 10.0 Å². The number of carbonyl (C=O) groups excluding carboxylic acids is 1. The van der Waals surface area contributed by atoms with Gasteiger partial charge in [0.1, 0.15) is 5.00 Å². The van der Waals surface area contributed by atoms with Crippen molar-refractivity contribution in [2.75, 3.05) is 25.4 Å². The lowest BCUT2D eigenvalue weighted by Gasteiger charge is -2.37. The number of carbonyl (C=O) groups is 1. The van der Waals surface area contributed by atoms with Gasteiger partial charge in [0.15, 0.2) is 0 Å². The summed E-state index contributed by atoms with van der Waals surface area (Å²) < 4.78 is 28.5. The van der Waals surface area contributed by atoms with Crippen LogP contribution in [-0.2, 0) is 22.9 Å². The van der Waals surface area contributed by atoms with Gasteiger partial charge in [-0.3, -0.25) is 9.10 Å². The second-order valence-electron chi connectivity index (χ2n) is 11.3. The van der Waals surface area contributed by atoms with Gasteiger partial charge in [-0.2, -0.15) is 0 Å². The first kappa shape index (κ1) is 30.4. The number of aryl methyl sites for hydroxylation is 1. The van der Waals surface area contributed by atoms with Gasteiger partial charge < -0.3 is 10.2 Å². The molecule has 1 N–H and O–H groups in total. The number of halogens is 2. The van der Waals surface area contributed by atoms with Crippen LogP contribution < -0.4 is 9.62 Å². The number of sulfonamides is 1. The topological polar surface area (TPSA) is 69.7 Å². The molecule has 2 aliphatic carbocycles. The number of hydrogen-bond donors (Lipinski definition) is 1. The first-order valence-electron chi connectivity index (χ1n) is 14.2. The molecule has 0 bridgehead atoms. The highest BCUT2D eigenvalue weighted by Gasteiger charge is 2.35. The third-order valence-corrected chi connectivity index (χ3v) is 12.4. The van der Waals surface area contributed by atoms with Crippen LogP contribution in [0.1, 0.15) is 70.9 Å². The molecule has 1 aromatic heterocycles. The predicted octanol–water partition coefficient (Wildman–Crippen LogP) is 7.35. The highest BCUT2D eigenvalue weighted by molar-refractivity contribution is 7.93. The van der Waals surface area contributed by atoms with Crippen molar-refractivity contribution in [1.82, 2.24) is 10.2 Å². The molecule has 0 saturated heterocycles. The van der Waals surface area contributed by atoms with Gasteiger partial charge in [0.25, 0.3) is 15.9 Å². The molecule has 3 aromatic rings. The fraction of sp³-hybridized carbons (Fsp3) is 0.452. The zero-order valence-electron chi connectivity index (χ0n) is 23.7. The molecule has 41 heavy (non-hydrogen) atoms. The third kappa shape index (κ3) is 6.32. The van der Waals surface area contributed by atoms with E-state index in [1.54, 1.807) is 0 Å². The molecule has 0 spiro atoms. The van der Waals surface area contributed by atoms with Gasteiger partial charge in [0.2, 0.25) is 0 Å². The Morgan fingerprint density at radius 2 is 1.63 bits per heavy atom. The van der Waals surface area contributed by atoms with E-state index >= 15 is 0 Å². The van der Waals surface area contributed by atoms with Crippen molar-refractivity contribution < 1.29 is 13.2 Å². The van der Waals surface area contributed by atoms with Crippen LogP contribution in [0.5, 0.6) is 0 Å². The Kier molecular flexibility index (Phi) is 9.36. The van der Waals surface area contributed by atoms with Crippen molar-refractivity contribution in [1.29, 1.82) is 0 Å². The number of nitrogens with one attached hydrogen (secondary N) is 1. The molecule has 0 aliphatic heterocycles. The SMILES string of the molecule is CN(C)C(c1ccccc1)C1CCC(NC(=O)c2c(N(C)S(=O)(=O)c3ccc(Cl)c(Cl)c3)sc3c2CCCC3)CC1. The van der Waals surface area contributed by atoms with Gasteiger partial charge in [-0.25, -0.2) is 8.42 Å². The van der Waals surface area contributed by atoms with E-state index in [2.05, 4.69) is 48.6 Å². The van der Waals surface area contributed by atoms with E-state index in [1.165, 1.54) is 46.5 Å². The Morgan fingerprint density at radius 1 is 0.951 bits per heavy atom. The van der Waals surface area contributed by atoms with Crippen LogP contribution in [0.15, 0.2) is 53.4 Å². The Bertz CT molecular complexity index is 1500. The highest BCUT2D eigenvalue weighted by Crippen LogP contribution is 2.43. The smallest absolute Gasteiger partial charge is 0.264 e. The molecule has 6 nitrogen and oxygen atoms in total. The van der Waals surface area contributed by atoms with Crippen molar-refractivity contribution in [3.8, 4) is 0 Å². The number of rotatable bonds is 8. The number of fused-ring (bicyclic) bond motifs is 1. The fourth-order valence-corrected chi connectivity index (χ4v) is 9.55. The molecule has 2 aromatic carbocycles. The zero-order valence-corrected chi connectivity index (χ0v) is 26.8. The van der Waals surface area contributed by atoms with Crippen LogP contribution >= 0.6 is 34.5 Å². The van der Waals surface area contributed by atoms with Crippen LogP contribution in [0, 0.1) is 5.92 Å². The lowest BCUT2D eigenvalue weighted by molar-refractivity contribution is 0.0906. The monoisotopic (exact) mass is 633 g/mol. The van der Waals surface area contributed by atoms with Crippen molar-refractivity contribution in [2.24, 2.45) is 5.92 Å². The Hall–Kier alpha value is -2.10. The van der Waals surface area contributed by atoms with Crippen LogP contribution in [0.3, 0.4) is 0 Å². The van der Waals surface area contributed by atoms with Crippen LogP contribution in [0.2, 0.25) is 10.0 Å². The first-order valence-corrected chi connectivity index (χ1v) is 17.2. The maximum Gasteiger partial charge on any atom is 0.264 e. The maximum absolute atomic E-state index is 13.9. The van der Waals surface area contributed by atoms with Crippen LogP contribution in [0.25, 0.3) is 0 Å². The number of benzene rings is 2. The molecular formula is C31H37Cl2N3O3S2. The van der Waals surface area contributed by atoms with Gasteiger partial charge in [0.05, 0.1) is 20.5 Å². The van der Waals surface area contributed by atoms with E-state index in [-0.39, 0.29) is 26.9 Å². The minimum absolute atomic E-state index is 0.0410. The summed E-state index contributed by atoms with van der Waals surface area (Å²) in [6, 6.07) is 15.3. The van der Waals surface area contributed by atoms with Gasteiger partial charge in [0, 0.05) is 24.0 Å². The summed E-state index contributed by atoms with van der Waals surface area (Å²) in [5.74, 6) is 0.332. The molecule has 1 fully saturated rings. The second kappa shape index (κ2) is 12.6. The molecule has 220 valence electrons. The first-order chi connectivity index (χ1) is 19.6. The molecule has 5 rings (SSSR count). The van der Waals surface area contributed by atoms with Gasteiger partial charge >= 0.3 is 0 Å². The van der Waals surface area contributed by atoms with Crippen molar-refractivity contribution in [3.63, 3.8) is 0 Å². The minimum atomic E-state index is -3.96. The normalized spacial score (nSPS) is 20.0. The maximum atomic E-state index is 13.9. The Morgan fingerprint density at radius 3 is 2.29 bits per heavy atom. The lowest BCUT2D eigenvalue weighted by atomic mass is 9.78. The fourth-order valence-electron chi connectivity index (χ4n) is 6.39. The average molecular weight is 635 g/mol. The number of amides is 1. The summed E-state index contributed by atoms with van der Waals surface area (Å²) >= 11 is 13.6. The molecule has 1 heterocycles. The van der Waals surface area contributed by atoms with Gasteiger partial charge in [-0.15, -0.1) is 11.3 Å². The molecule has 0 radical (unpaired) electrons. The van der Waals surface area contributed by atoms with Crippen molar-refractivity contribution >= 4 is 55.5 Å². The van der Waals surface area contributed by atoms with E-state index in [1.807, 2.05) is 6.07 Å². The second-order valence-corrected chi connectivity index (χ2v) is 15.2. The van der Waals surface area contributed by atoms with E-state index in [9.17, 15) is 13.2 Å². The lowest BCUT2D eigenvalue weighted by Crippen LogP contribution is -2.40. The zero-order chi connectivity index (χ0) is 29.3. The summed E-state index contributed by atoms with van der Waals surface area (Å²) in [6.07, 6.45) is 7.49. The Labute approximate surface area is 257 Å². The summed E-state index contributed by atoms with van der Waals surface area (Å²) in [7, 11) is 1.83. The van der Waals surface area contributed by atoms with E-state index in [0.29, 0.717) is 22.5 Å². The molecule has 1 amide bonds. The van der Waals surface area contributed by atoms with Crippen LogP contribution in [-0.4, -0.2) is 46.4 Å². The largest absolute Gasteiger partial charge is 0.349 e. The quantitative estimate of drug-likeness (QED) is 0.281. The molecule has 1 unspecified atom stereocenters. The molecule has 1 saturated carbocycles. The van der Waals surface area contributed by atoms with E-state index in [4.69, 9.17) is 23.2 Å². The van der Waals surface area contributed by atoms with Crippen LogP contribution in [0.4, 0.5) is 5.00 Å². The molecule has 10 heteroatoms. The highest BCUT2D eigenvalue weighted by atomic mass is 35.5. The molecule has 1 atom stereocenters. The van der Waals surface area contributed by atoms with Crippen molar-refractivity contribution in [3.05, 3.63) is 80.1 Å². The number of hydrogen-bond acceptors (Lipinski definition) is 5. The summed E-state index contributed by atoms with van der Waals surface area (Å²) in [4.78, 5) is 17.4. The summed E-state index contributed by atoms with van der Waals surface area (Å²) in [5.41, 5.74) is 2.83. The summed E-state index contributed by atoms with van der Waals surface area (Å²) in [6.45, 7) is 0. The van der Waals surface area contributed by atoms with Crippen molar-refractivity contribution in [2.45, 2.75) is 68.3 Å². The molecule has 2 aliphatic rings. The third-order valence-electron chi connectivity index (χ3n) is 8.47. The van der Waals surface area contributed by atoms with E-state index in [0.717, 1.165) is 61.8 Å². The predicted molar refractivity (Wildman–Crippen MR) is 169 cm³/mol. The summed E-state index contributed by atoms with van der Waals surface area (Å²) in [5, 5.41) is 4.22. The van der Waals surface area contributed by atoms with Gasteiger partial charge in [-0.05, 0) is 101 Å². The standard InChI is InChI=1S/C31H37Cl2N3O3S2/c1-35(2)29(20-9-5-4-6-10-20)21-13-15-22(16-14-21)34-30(37)28-24-11-7-8-12-27(24)40-31(28)36(3)41(38,39)23-17-18-25(32)26(33)19-23/h4-6,9-10,17-19,21-22,29H,7-8,11-16H2,1-3H3,(H,34,37). The Balaban J connectivity index is 1.36. The number of nitrogens with zero attached hydrogens (tertiary/aromatic N) is 2.